The standard InChI is InChI=1S/C13H11ClN6OS/c1-20-12-11(18-19-20)13(16-7-15-12)22-6-10(21)17-9-4-2-3-8(14)5-9/h2-5,7H,6H2,1H3,(H,17,21). The van der Waals surface area contributed by atoms with Gasteiger partial charge in [0, 0.05) is 17.8 Å². The number of hydrogen-bond acceptors (Lipinski definition) is 6. The second-order valence-corrected chi connectivity index (χ2v) is 5.81. The van der Waals surface area contributed by atoms with Crippen LogP contribution in [0.1, 0.15) is 0 Å². The number of carbonyl (C=O) groups is 1. The smallest absolute Gasteiger partial charge is 0.234 e. The first-order valence-electron chi connectivity index (χ1n) is 6.32. The molecule has 0 fully saturated rings. The Kier molecular flexibility index (Phi) is 4.21. The van der Waals surface area contributed by atoms with E-state index in [0.717, 1.165) is 0 Å². The lowest BCUT2D eigenvalue weighted by Crippen LogP contribution is -2.14. The van der Waals surface area contributed by atoms with Crippen molar-refractivity contribution in [1.82, 2.24) is 25.0 Å². The molecule has 112 valence electrons. The molecule has 0 spiro atoms. The maximum Gasteiger partial charge on any atom is 0.234 e. The van der Waals surface area contributed by atoms with Crippen molar-refractivity contribution in [3.05, 3.63) is 35.6 Å². The predicted molar refractivity (Wildman–Crippen MR) is 84.9 cm³/mol. The SMILES string of the molecule is Cn1nnc2c(SCC(=O)Nc3cccc(Cl)c3)ncnc21. The summed E-state index contributed by atoms with van der Waals surface area (Å²) in [5.41, 5.74) is 1.88. The number of hydrogen-bond donors (Lipinski definition) is 1. The molecule has 22 heavy (non-hydrogen) atoms. The van der Waals surface area contributed by atoms with E-state index < -0.39 is 0 Å². The van der Waals surface area contributed by atoms with Crippen molar-refractivity contribution in [3.63, 3.8) is 0 Å². The number of thioether (sulfide) groups is 1. The normalized spacial score (nSPS) is 10.8. The Morgan fingerprint density at radius 3 is 3.09 bits per heavy atom. The topological polar surface area (TPSA) is 85.6 Å². The molecule has 3 rings (SSSR count). The van der Waals surface area contributed by atoms with Gasteiger partial charge in [0.1, 0.15) is 11.4 Å². The number of aryl methyl sites for hydroxylation is 1. The van der Waals surface area contributed by atoms with Gasteiger partial charge in [0.05, 0.1) is 5.75 Å². The molecule has 2 heterocycles. The summed E-state index contributed by atoms with van der Waals surface area (Å²) >= 11 is 7.16. The van der Waals surface area contributed by atoms with Crippen LogP contribution in [0.2, 0.25) is 5.02 Å². The number of rotatable bonds is 4. The van der Waals surface area contributed by atoms with Crippen LogP contribution < -0.4 is 5.32 Å². The van der Waals surface area contributed by atoms with E-state index in [1.807, 2.05) is 0 Å². The molecule has 9 heteroatoms. The zero-order chi connectivity index (χ0) is 15.5. The molecule has 0 aliphatic carbocycles. The third-order valence-corrected chi connectivity index (χ3v) is 4.02. The van der Waals surface area contributed by atoms with E-state index in [2.05, 4.69) is 25.6 Å². The van der Waals surface area contributed by atoms with Crippen LogP contribution in [0.25, 0.3) is 11.2 Å². The van der Waals surface area contributed by atoms with Gasteiger partial charge in [-0.3, -0.25) is 4.79 Å². The number of anilines is 1. The minimum atomic E-state index is -0.150. The molecule has 3 aromatic rings. The van der Waals surface area contributed by atoms with Crippen LogP contribution in [0.5, 0.6) is 0 Å². The molecule has 1 aromatic carbocycles. The summed E-state index contributed by atoms with van der Waals surface area (Å²) < 4.78 is 1.56. The Morgan fingerprint density at radius 1 is 1.41 bits per heavy atom. The number of benzene rings is 1. The predicted octanol–water partition coefficient (Wildman–Crippen LogP) is 2.14. The van der Waals surface area contributed by atoms with E-state index in [1.54, 1.807) is 36.0 Å². The number of fused-ring (bicyclic) bond motifs is 1. The molecular weight excluding hydrogens is 324 g/mol. The summed E-state index contributed by atoms with van der Waals surface area (Å²) in [5, 5.41) is 11.9. The molecular formula is C13H11ClN6OS. The number of amides is 1. The van der Waals surface area contributed by atoms with E-state index in [-0.39, 0.29) is 11.7 Å². The quantitative estimate of drug-likeness (QED) is 0.581. The summed E-state index contributed by atoms with van der Waals surface area (Å²) in [5.74, 6) is 0.0535. The monoisotopic (exact) mass is 334 g/mol. The maximum absolute atomic E-state index is 12.0. The summed E-state index contributed by atoms with van der Waals surface area (Å²) in [6.07, 6.45) is 1.43. The first-order chi connectivity index (χ1) is 10.6. The summed E-state index contributed by atoms with van der Waals surface area (Å²) in [7, 11) is 1.75. The molecule has 0 aliphatic rings. The van der Waals surface area contributed by atoms with Crippen molar-refractivity contribution in [2.45, 2.75) is 5.03 Å². The van der Waals surface area contributed by atoms with Gasteiger partial charge in [-0.15, -0.1) is 5.10 Å². The van der Waals surface area contributed by atoms with Crippen molar-refractivity contribution in [3.8, 4) is 0 Å². The third kappa shape index (κ3) is 3.18. The Hall–Kier alpha value is -2.19. The van der Waals surface area contributed by atoms with E-state index >= 15 is 0 Å². The Morgan fingerprint density at radius 2 is 2.27 bits per heavy atom. The second kappa shape index (κ2) is 6.29. The van der Waals surface area contributed by atoms with Crippen LogP contribution in [-0.4, -0.2) is 36.6 Å². The zero-order valence-corrected chi connectivity index (χ0v) is 13.1. The van der Waals surface area contributed by atoms with Gasteiger partial charge in [-0.2, -0.15) is 0 Å². The van der Waals surface area contributed by atoms with Crippen LogP contribution in [0.3, 0.4) is 0 Å². The van der Waals surface area contributed by atoms with Gasteiger partial charge in [-0.05, 0) is 18.2 Å². The molecule has 2 aromatic heterocycles. The molecule has 0 atom stereocenters. The van der Waals surface area contributed by atoms with Gasteiger partial charge in [0.2, 0.25) is 5.91 Å². The molecule has 0 saturated heterocycles. The van der Waals surface area contributed by atoms with Crippen molar-refractivity contribution in [2.75, 3.05) is 11.1 Å². The third-order valence-electron chi connectivity index (χ3n) is 2.80. The minimum absolute atomic E-state index is 0.150. The average molecular weight is 335 g/mol. The number of halogens is 1. The van der Waals surface area contributed by atoms with Crippen LogP contribution in [0.15, 0.2) is 35.6 Å². The fraction of sp³-hybridized carbons (Fsp3) is 0.154. The van der Waals surface area contributed by atoms with E-state index in [1.165, 1.54) is 18.1 Å². The van der Waals surface area contributed by atoms with Crippen molar-refractivity contribution in [1.29, 1.82) is 0 Å². The van der Waals surface area contributed by atoms with Gasteiger partial charge >= 0.3 is 0 Å². The molecule has 0 saturated carbocycles. The molecule has 0 radical (unpaired) electrons. The Bertz CT molecular complexity index is 836. The Balaban J connectivity index is 1.67. The molecule has 1 amide bonds. The van der Waals surface area contributed by atoms with Gasteiger partial charge in [0.25, 0.3) is 0 Å². The van der Waals surface area contributed by atoms with Gasteiger partial charge in [0.15, 0.2) is 11.2 Å². The number of nitrogens with zero attached hydrogens (tertiary/aromatic N) is 5. The van der Waals surface area contributed by atoms with Crippen LogP contribution in [-0.2, 0) is 11.8 Å². The average Bonchev–Trinajstić information content (AvgIpc) is 2.87. The fourth-order valence-corrected chi connectivity index (χ4v) is 2.76. The highest BCUT2D eigenvalue weighted by Gasteiger charge is 2.12. The van der Waals surface area contributed by atoms with Crippen molar-refractivity contribution < 1.29 is 4.79 Å². The lowest BCUT2D eigenvalue weighted by atomic mass is 10.3. The highest BCUT2D eigenvalue weighted by atomic mass is 35.5. The molecule has 0 aliphatic heterocycles. The minimum Gasteiger partial charge on any atom is -0.325 e. The lowest BCUT2D eigenvalue weighted by molar-refractivity contribution is -0.113. The summed E-state index contributed by atoms with van der Waals surface area (Å²) in [6, 6.07) is 6.99. The first-order valence-corrected chi connectivity index (χ1v) is 7.68. The van der Waals surface area contributed by atoms with Gasteiger partial charge in [-0.1, -0.05) is 34.6 Å². The largest absolute Gasteiger partial charge is 0.325 e. The van der Waals surface area contributed by atoms with E-state index in [0.29, 0.717) is 26.9 Å². The summed E-state index contributed by atoms with van der Waals surface area (Å²) in [4.78, 5) is 20.2. The highest BCUT2D eigenvalue weighted by Crippen LogP contribution is 2.22. The van der Waals surface area contributed by atoms with Crippen molar-refractivity contribution >= 4 is 46.1 Å². The lowest BCUT2D eigenvalue weighted by Gasteiger charge is -2.05. The summed E-state index contributed by atoms with van der Waals surface area (Å²) in [6.45, 7) is 0. The van der Waals surface area contributed by atoms with Gasteiger partial charge < -0.3 is 5.32 Å². The van der Waals surface area contributed by atoms with Crippen LogP contribution in [0.4, 0.5) is 5.69 Å². The van der Waals surface area contributed by atoms with E-state index in [4.69, 9.17) is 11.6 Å². The number of carbonyl (C=O) groups excluding carboxylic acids is 1. The van der Waals surface area contributed by atoms with Gasteiger partial charge in [-0.25, -0.2) is 14.6 Å². The molecule has 1 N–H and O–H groups in total. The number of nitrogens with one attached hydrogen (secondary N) is 1. The van der Waals surface area contributed by atoms with Crippen LogP contribution >= 0.6 is 23.4 Å². The molecule has 7 nitrogen and oxygen atoms in total. The zero-order valence-electron chi connectivity index (χ0n) is 11.5. The maximum atomic E-state index is 12.0. The molecule has 0 bridgehead atoms. The number of aromatic nitrogens is 5. The van der Waals surface area contributed by atoms with Crippen molar-refractivity contribution in [2.24, 2.45) is 7.05 Å². The molecule has 0 unspecified atom stereocenters. The fourth-order valence-electron chi connectivity index (χ4n) is 1.84. The Labute approximate surface area is 135 Å². The van der Waals surface area contributed by atoms with Crippen LogP contribution in [0, 0.1) is 0 Å². The highest BCUT2D eigenvalue weighted by molar-refractivity contribution is 8.00. The van der Waals surface area contributed by atoms with E-state index in [9.17, 15) is 4.79 Å². The first kappa shape index (κ1) is 14.7. The second-order valence-electron chi connectivity index (χ2n) is 4.41.